The van der Waals surface area contributed by atoms with Gasteiger partial charge in [0.2, 0.25) is 0 Å². The zero-order valence-corrected chi connectivity index (χ0v) is 15.7. The quantitative estimate of drug-likeness (QED) is 0.470. The fourth-order valence-electron chi connectivity index (χ4n) is 3.58. The molecule has 0 aliphatic carbocycles. The zero-order valence-electron chi connectivity index (χ0n) is 15.7. The van der Waals surface area contributed by atoms with Crippen molar-refractivity contribution in [1.29, 1.82) is 0 Å². The summed E-state index contributed by atoms with van der Waals surface area (Å²) in [5.74, 6) is -6.23. The minimum atomic E-state index is -2.80. The van der Waals surface area contributed by atoms with Gasteiger partial charge in [0, 0.05) is 18.2 Å². The Kier molecular flexibility index (Phi) is 4.47. The van der Waals surface area contributed by atoms with Crippen LogP contribution in [0.5, 0.6) is 0 Å². The van der Waals surface area contributed by atoms with Crippen molar-refractivity contribution in [3.8, 4) is 0 Å². The highest BCUT2D eigenvalue weighted by molar-refractivity contribution is 5.80. The molecule has 1 aromatic carbocycles. The van der Waals surface area contributed by atoms with Crippen LogP contribution < -0.4 is 0 Å². The van der Waals surface area contributed by atoms with Gasteiger partial charge in [0.1, 0.15) is 5.60 Å². The van der Waals surface area contributed by atoms with Crippen LogP contribution in [0.4, 0.5) is 4.79 Å². The second kappa shape index (κ2) is 6.16. The Labute approximate surface area is 156 Å². The van der Waals surface area contributed by atoms with Crippen molar-refractivity contribution in [3.05, 3.63) is 29.5 Å². The number of H-pyrrole nitrogens is 1. The van der Waals surface area contributed by atoms with E-state index in [2.05, 4.69) is 10.2 Å². The van der Waals surface area contributed by atoms with E-state index in [0.717, 1.165) is 16.5 Å². The van der Waals surface area contributed by atoms with Crippen LogP contribution in [0.2, 0.25) is 0 Å². The average molecular weight is 379 g/mol. The number of benzene rings is 1. The number of carbonyl (C=O) groups is 1. The summed E-state index contributed by atoms with van der Waals surface area (Å²) in [4.78, 5) is 12.5. The molecule has 5 N–H and O–H groups in total. The number of aromatic amines is 1. The second-order valence-corrected chi connectivity index (χ2v) is 8.14. The molecule has 2 heterocycles. The van der Waals surface area contributed by atoms with Crippen molar-refractivity contribution in [2.75, 3.05) is 0 Å². The van der Waals surface area contributed by atoms with E-state index >= 15 is 0 Å². The summed E-state index contributed by atoms with van der Waals surface area (Å²) < 4.78 is 5.09. The summed E-state index contributed by atoms with van der Waals surface area (Å²) >= 11 is 0. The smallest absolute Gasteiger partial charge is 0.418 e. The van der Waals surface area contributed by atoms with E-state index in [9.17, 15) is 25.2 Å². The van der Waals surface area contributed by atoms with E-state index in [4.69, 9.17) is 4.74 Å². The van der Waals surface area contributed by atoms with E-state index < -0.39 is 29.4 Å². The molecule has 1 aromatic heterocycles. The third-order valence-electron chi connectivity index (χ3n) is 4.60. The number of nitrogens with one attached hydrogen (secondary N) is 1. The Bertz CT molecular complexity index is 850. The van der Waals surface area contributed by atoms with E-state index in [0.29, 0.717) is 5.56 Å². The molecular formula is C18H25N3O6. The predicted molar refractivity (Wildman–Crippen MR) is 95.2 cm³/mol. The molecule has 1 saturated heterocycles. The molecule has 148 valence electrons. The third kappa shape index (κ3) is 3.77. The number of aromatic nitrogens is 2. The molecule has 0 bridgehead atoms. The number of aliphatic hydroxyl groups is 4. The van der Waals surface area contributed by atoms with Gasteiger partial charge >= 0.3 is 6.09 Å². The van der Waals surface area contributed by atoms with Crippen molar-refractivity contribution >= 4 is 17.0 Å². The Hall–Kier alpha value is -2.20. The van der Waals surface area contributed by atoms with Gasteiger partial charge in [-0.2, -0.15) is 5.10 Å². The van der Waals surface area contributed by atoms with Crippen molar-refractivity contribution in [1.82, 2.24) is 15.1 Å². The topological polar surface area (TPSA) is 139 Å². The zero-order chi connectivity index (χ0) is 20.2. The summed E-state index contributed by atoms with van der Waals surface area (Å²) in [6.45, 7) is 6.61. The van der Waals surface area contributed by atoms with Crippen LogP contribution in [0.3, 0.4) is 0 Å². The molecule has 0 unspecified atom stereocenters. The first-order chi connectivity index (χ1) is 12.3. The maximum Gasteiger partial charge on any atom is 0.418 e. The summed E-state index contributed by atoms with van der Waals surface area (Å²) in [6, 6.07) is 3.67. The number of likely N-dealkylation sites (tertiary alicyclic amines) is 1. The number of aryl methyl sites for hydroxylation is 1. The van der Waals surface area contributed by atoms with Crippen molar-refractivity contribution in [2.45, 2.75) is 63.9 Å². The lowest BCUT2D eigenvalue weighted by molar-refractivity contribution is -0.391. The Balaban J connectivity index is 1.95. The number of carbonyl (C=O) groups excluding carboxylic acids is 1. The molecule has 1 aliphatic rings. The van der Waals surface area contributed by atoms with Gasteiger partial charge in [-0.15, -0.1) is 0 Å². The second-order valence-electron chi connectivity index (χ2n) is 8.14. The van der Waals surface area contributed by atoms with Crippen LogP contribution in [-0.4, -0.2) is 59.0 Å². The minimum absolute atomic E-state index is 0.172. The number of hydrogen-bond acceptors (Lipinski definition) is 7. The number of fused-ring (bicyclic) bond motifs is 1. The first-order valence-electron chi connectivity index (χ1n) is 8.67. The minimum Gasteiger partial charge on any atom is -0.443 e. The average Bonchev–Trinajstić information content (AvgIpc) is 2.88. The van der Waals surface area contributed by atoms with Crippen LogP contribution in [-0.2, 0) is 4.74 Å². The Morgan fingerprint density at radius 3 is 2.37 bits per heavy atom. The Morgan fingerprint density at radius 2 is 1.81 bits per heavy atom. The number of amides is 1. The molecule has 9 heteroatoms. The molecule has 0 atom stereocenters. The highest BCUT2D eigenvalue weighted by atomic mass is 16.6. The number of hydrogen-bond donors (Lipinski definition) is 5. The number of ether oxygens (including phenoxy) is 1. The predicted octanol–water partition coefficient (Wildman–Crippen LogP) is 1.26. The largest absolute Gasteiger partial charge is 0.443 e. The van der Waals surface area contributed by atoms with E-state index in [1.165, 1.54) is 0 Å². The SMILES string of the molecule is Cc1cc2cn[nH]c2cc1C1CC(O)(O)N(C(=O)OC(C)(C)C)C(O)(O)C1. The Morgan fingerprint density at radius 1 is 1.22 bits per heavy atom. The van der Waals surface area contributed by atoms with Crippen LogP contribution in [0, 0.1) is 6.92 Å². The van der Waals surface area contributed by atoms with Crippen molar-refractivity contribution in [3.63, 3.8) is 0 Å². The normalized spacial score (nSPS) is 20.1. The van der Waals surface area contributed by atoms with E-state index in [1.807, 2.05) is 13.0 Å². The van der Waals surface area contributed by atoms with Gasteiger partial charge in [0.25, 0.3) is 11.8 Å². The molecule has 9 nitrogen and oxygen atoms in total. The number of nitrogens with zero attached hydrogens (tertiary/aromatic N) is 2. The number of rotatable bonds is 1. The third-order valence-corrected chi connectivity index (χ3v) is 4.60. The first-order valence-corrected chi connectivity index (χ1v) is 8.67. The maximum absolute atomic E-state index is 12.3. The lowest BCUT2D eigenvalue weighted by atomic mass is 9.82. The molecular weight excluding hydrogens is 354 g/mol. The molecule has 0 radical (unpaired) electrons. The molecule has 1 fully saturated rings. The standard InChI is InChI=1S/C18H25N3O6/c1-10-5-11-9-19-20-14(11)6-13(10)12-7-17(23,24)21(18(25,26)8-12)15(22)27-16(2,3)4/h5-6,9,12,23-26H,7-8H2,1-4H3,(H,19,20). The van der Waals surface area contributed by atoms with Gasteiger partial charge in [-0.05, 0) is 56.9 Å². The highest BCUT2D eigenvalue weighted by Crippen LogP contribution is 2.43. The van der Waals surface area contributed by atoms with Crippen LogP contribution in [0.25, 0.3) is 10.9 Å². The first kappa shape index (κ1) is 19.6. The molecule has 1 amide bonds. The summed E-state index contributed by atoms with van der Waals surface area (Å²) in [7, 11) is 0. The molecule has 2 aromatic rings. The fraction of sp³-hybridized carbons (Fsp3) is 0.556. The summed E-state index contributed by atoms with van der Waals surface area (Å²) in [5.41, 5.74) is 1.34. The van der Waals surface area contributed by atoms with Gasteiger partial charge < -0.3 is 25.2 Å². The van der Waals surface area contributed by atoms with Crippen molar-refractivity contribution < 1.29 is 30.0 Å². The van der Waals surface area contributed by atoms with Crippen LogP contribution in [0.15, 0.2) is 18.3 Å². The van der Waals surface area contributed by atoms with E-state index in [1.54, 1.807) is 33.0 Å². The van der Waals surface area contributed by atoms with Gasteiger partial charge in [-0.1, -0.05) is 0 Å². The molecule has 27 heavy (non-hydrogen) atoms. The maximum atomic E-state index is 12.3. The fourth-order valence-corrected chi connectivity index (χ4v) is 3.58. The highest BCUT2D eigenvalue weighted by Gasteiger charge is 2.56. The molecule has 3 rings (SSSR count). The van der Waals surface area contributed by atoms with Gasteiger partial charge in [0.15, 0.2) is 0 Å². The molecule has 0 spiro atoms. The monoisotopic (exact) mass is 379 g/mol. The summed E-state index contributed by atoms with van der Waals surface area (Å²) in [5, 5.41) is 49.6. The van der Waals surface area contributed by atoms with Crippen LogP contribution in [0.1, 0.15) is 50.7 Å². The lowest BCUT2D eigenvalue weighted by Crippen LogP contribution is -2.68. The van der Waals surface area contributed by atoms with E-state index in [-0.39, 0.29) is 17.7 Å². The molecule has 0 saturated carbocycles. The lowest BCUT2D eigenvalue weighted by Gasteiger charge is -2.49. The van der Waals surface area contributed by atoms with Crippen molar-refractivity contribution in [2.24, 2.45) is 0 Å². The molecule has 1 aliphatic heterocycles. The van der Waals surface area contributed by atoms with Gasteiger partial charge in [-0.3, -0.25) is 5.10 Å². The van der Waals surface area contributed by atoms with Gasteiger partial charge in [-0.25, -0.2) is 9.69 Å². The number of piperidine rings is 1. The van der Waals surface area contributed by atoms with Gasteiger partial charge in [0.05, 0.1) is 11.7 Å². The van der Waals surface area contributed by atoms with Crippen LogP contribution >= 0.6 is 0 Å². The summed E-state index contributed by atoms with van der Waals surface area (Å²) in [6.07, 6.45) is -0.176.